The highest BCUT2D eigenvalue weighted by molar-refractivity contribution is 7.71. The summed E-state index contributed by atoms with van der Waals surface area (Å²) < 4.78 is 6.44. The summed E-state index contributed by atoms with van der Waals surface area (Å²) in [5, 5.41) is 1.08. The van der Waals surface area contributed by atoms with Crippen LogP contribution in [0.1, 0.15) is 15.9 Å². The first-order valence-corrected chi connectivity index (χ1v) is 7.88. The lowest BCUT2D eigenvalue weighted by Crippen LogP contribution is -2.23. The van der Waals surface area contributed by atoms with Crippen molar-refractivity contribution >= 4 is 40.7 Å². The van der Waals surface area contributed by atoms with Gasteiger partial charge in [0.2, 0.25) is 0 Å². The van der Waals surface area contributed by atoms with Crippen LogP contribution in [0.2, 0.25) is 5.02 Å². The number of ether oxygens (including phenoxy) is 1. The van der Waals surface area contributed by atoms with Crippen molar-refractivity contribution in [3.05, 3.63) is 73.7 Å². The molecule has 0 aliphatic heterocycles. The average molecular weight is 361 g/mol. The van der Waals surface area contributed by atoms with E-state index in [1.165, 1.54) is 11.7 Å². The number of aromatic amines is 1. The van der Waals surface area contributed by atoms with Crippen LogP contribution in [0.25, 0.3) is 10.9 Å². The molecule has 1 aromatic heterocycles. The Kier molecular flexibility index (Phi) is 4.51. The fourth-order valence-electron chi connectivity index (χ4n) is 2.42. The second-order valence-electron chi connectivity index (χ2n) is 5.20. The van der Waals surface area contributed by atoms with E-state index in [1.54, 1.807) is 30.3 Å². The second kappa shape index (κ2) is 6.59. The highest BCUT2D eigenvalue weighted by Crippen LogP contribution is 2.14. The SMILES string of the molecule is COC(=O)c1ccc2c(=O)n(Cc3ccc(Cl)cc3)c(=S)[nH]c2c1. The minimum atomic E-state index is -0.471. The number of nitrogens with one attached hydrogen (secondary N) is 1. The molecule has 3 aromatic rings. The van der Waals surface area contributed by atoms with Crippen LogP contribution in [-0.4, -0.2) is 22.6 Å². The average Bonchev–Trinajstić information content (AvgIpc) is 2.59. The summed E-state index contributed by atoms with van der Waals surface area (Å²) in [5.74, 6) is -0.471. The Morgan fingerprint density at radius 1 is 1.25 bits per heavy atom. The summed E-state index contributed by atoms with van der Waals surface area (Å²) >= 11 is 11.2. The van der Waals surface area contributed by atoms with Crippen molar-refractivity contribution in [1.29, 1.82) is 0 Å². The molecule has 0 unspecified atom stereocenters. The summed E-state index contributed by atoms with van der Waals surface area (Å²) in [7, 11) is 1.30. The number of benzene rings is 2. The zero-order chi connectivity index (χ0) is 17.3. The van der Waals surface area contributed by atoms with Gasteiger partial charge in [-0.2, -0.15) is 0 Å². The lowest BCUT2D eigenvalue weighted by Gasteiger charge is -2.09. The summed E-state index contributed by atoms with van der Waals surface area (Å²) in [6.45, 7) is 0.333. The Morgan fingerprint density at radius 2 is 1.96 bits per heavy atom. The number of H-pyrrole nitrogens is 1. The van der Waals surface area contributed by atoms with Crippen molar-refractivity contribution in [3.8, 4) is 0 Å². The number of carbonyl (C=O) groups is 1. The molecule has 3 rings (SSSR count). The van der Waals surface area contributed by atoms with Crippen molar-refractivity contribution in [3.63, 3.8) is 0 Å². The number of halogens is 1. The third kappa shape index (κ3) is 3.11. The van der Waals surface area contributed by atoms with Crippen LogP contribution in [0.5, 0.6) is 0 Å². The van der Waals surface area contributed by atoms with E-state index in [-0.39, 0.29) is 10.3 Å². The predicted molar refractivity (Wildman–Crippen MR) is 95.3 cm³/mol. The first kappa shape index (κ1) is 16.4. The normalized spacial score (nSPS) is 10.8. The summed E-state index contributed by atoms with van der Waals surface area (Å²) in [6.07, 6.45) is 0. The minimum absolute atomic E-state index is 0.222. The van der Waals surface area contributed by atoms with Gasteiger partial charge in [-0.05, 0) is 48.1 Å². The van der Waals surface area contributed by atoms with Crippen LogP contribution in [0, 0.1) is 4.77 Å². The van der Waals surface area contributed by atoms with Gasteiger partial charge < -0.3 is 9.72 Å². The van der Waals surface area contributed by atoms with Crippen LogP contribution >= 0.6 is 23.8 Å². The van der Waals surface area contributed by atoms with E-state index < -0.39 is 5.97 Å². The fourth-order valence-corrected chi connectivity index (χ4v) is 2.80. The van der Waals surface area contributed by atoms with Gasteiger partial charge in [0, 0.05) is 5.02 Å². The van der Waals surface area contributed by atoms with Crippen LogP contribution < -0.4 is 5.56 Å². The molecule has 5 nitrogen and oxygen atoms in total. The van der Waals surface area contributed by atoms with E-state index in [0.29, 0.717) is 28.0 Å². The highest BCUT2D eigenvalue weighted by atomic mass is 35.5. The Balaban J connectivity index is 2.10. The lowest BCUT2D eigenvalue weighted by atomic mass is 10.1. The van der Waals surface area contributed by atoms with Gasteiger partial charge in [0.1, 0.15) is 0 Å². The first-order chi connectivity index (χ1) is 11.5. The van der Waals surface area contributed by atoms with Crippen molar-refractivity contribution in [2.24, 2.45) is 0 Å². The summed E-state index contributed by atoms with van der Waals surface area (Å²) in [4.78, 5) is 27.3. The number of esters is 1. The molecular weight excluding hydrogens is 348 g/mol. The van der Waals surface area contributed by atoms with Gasteiger partial charge in [0.25, 0.3) is 5.56 Å². The second-order valence-corrected chi connectivity index (χ2v) is 6.02. The highest BCUT2D eigenvalue weighted by Gasteiger charge is 2.10. The smallest absolute Gasteiger partial charge is 0.337 e. The number of hydrogen-bond acceptors (Lipinski definition) is 4. The minimum Gasteiger partial charge on any atom is -0.465 e. The van der Waals surface area contributed by atoms with Crippen LogP contribution in [0.15, 0.2) is 47.3 Å². The molecule has 0 amide bonds. The molecular formula is C17H13ClN2O3S. The number of rotatable bonds is 3. The molecule has 0 aliphatic carbocycles. The Bertz CT molecular complexity index is 1040. The van der Waals surface area contributed by atoms with Gasteiger partial charge in [0.05, 0.1) is 30.1 Å². The van der Waals surface area contributed by atoms with E-state index in [9.17, 15) is 9.59 Å². The van der Waals surface area contributed by atoms with E-state index in [1.807, 2.05) is 12.1 Å². The molecule has 7 heteroatoms. The maximum Gasteiger partial charge on any atom is 0.337 e. The maximum absolute atomic E-state index is 12.7. The predicted octanol–water partition coefficient (Wildman–Crippen LogP) is 3.55. The summed E-state index contributed by atoms with van der Waals surface area (Å²) in [5.41, 5.74) is 1.54. The number of fused-ring (bicyclic) bond motifs is 1. The maximum atomic E-state index is 12.7. The third-order valence-electron chi connectivity index (χ3n) is 3.66. The van der Waals surface area contributed by atoms with Crippen molar-refractivity contribution in [1.82, 2.24) is 9.55 Å². The van der Waals surface area contributed by atoms with Crippen molar-refractivity contribution in [2.75, 3.05) is 7.11 Å². The first-order valence-electron chi connectivity index (χ1n) is 7.09. The Morgan fingerprint density at radius 3 is 2.62 bits per heavy atom. The molecule has 0 bridgehead atoms. The molecule has 0 fully saturated rings. The van der Waals surface area contributed by atoms with E-state index in [0.717, 1.165) is 5.56 Å². The standard InChI is InChI=1S/C17H13ClN2O3S/c1-23-16(22)11-4-7-13-14(8-11)19-17(24)20(15(13)21)9-10-2-5-12(18)6-3-10/h2-8H,9H2,1H3,(H,19,24). The number of carbonyl (C=O) groups excluding carboxylic acids is 1. The zero-order valence-electron chi connectivity index (χ0n) is 12.7. The molecule has 122 valence electrons. The van der Waals surface area contributed by atoms with Gasteiger partial charge in [-0.1, -0.05) is 23.7 Å². The third-order valence-corrected chi connectivity index (χ3v) is 4.23. The molecule has 0 atom stereocenters. The molecule has 0 aliphatic rings. The van der Waals surface area contributed by atoms with Crippen LogP contribution in [0.3, 0.4) is 0 Å². The Labute approximate surface area is 147 Å². The van der Waals surface area contributed by atoms with Gasteiger partial charge in [-0.25, -0.2) is 4.79 Å². The van der Waals surface area contributed by atoms with Gasteiger partial charge >= 0.3 is 5.97 Å². The number of aromatic nitrogens is 2. The van der Waals surface area contributed by atoms with Crippen molar-refractivity contribution in [2.45, 2.75) is 6.54 Å². The topological polar surface area (TPSA) is 64.1 Å². The zero-order valence-corrected chi connectivity index (χ0v) is 14.3. The van der Waals surface area contributed by atoms with Gasteiger partial charge in [-0.3, -0.25) is 9.36 Å². The molecule has 0 spiro atoms. The summed E-state index contributed by atoms with van der Waals surface area (Å²) in [6, 6.07) is 11.9. The Hall–Kier alpha value is -2.44. The van der Waals surface area contributed by atoms with Gasteiger partial charge in [-0.15, -0.1) is 0 Å². The fraction of sp³-hybridized carbons (Fsp3) is 0.118. The molecule has 0 radical (unpaired) electrons. The van der Waals surface area contributed by atoms with Crippen LogP contribution in [-0.2, 0) is 11.3 Å². The van der Waals surface area contributed by atoms with Gasteiger partial charge in [0.15, 0.2) is 4.77 Å². The van der Waals surface area contributed by atoms with Crippen molar-refractivity contribution < 1.29 is 9.53 Å². The lowest BCUT2D eigenvalue weighted by molar-refractivity contribution is 0.0601. The largest absolute Gasteiger partial charge is 0.465 e. The molecule has 1 heterocycles. The van der Waals surface area contributed by atoms with E-state index in [2.05, 4.69) is 9.72 Å². The quantitative estimate of drug-likeness (QED) is 0.573. The molecule has 2 aromatic carbocycles. The van der Waals surface area contributed by atoms with Crippen LogP contribution in [0.4, 0.5) is 0 Å². The van der Waals surface area contributed by atoms with E-state index in [4.69, 9.17) is 23.8 Å². The number of nitrogens with zero attached hydrogens (tertiary/aromatic N) is 1. The van der Waals surface area contributed by atoms with E-state index >= 15 is 0 Å². The molecule has 1 N–H and O–H groups in total. The molecule has 24 heavy (non-hydrogen) atoms. The monoisotopic (exact) mass is 360 g/mol. The molecule has 0 saturated carbocycles. The molecule has 0 saturated heterocycles. The number of hydrogen-bond donors (Lipinski definition) is 1. The number of methoxy groups -OCH3 is 1.